The topological polar surface area (TPSA) is 92.1 Å². The van der Waals surface area contributed by atoms with Crippen molar-refractivity contribution in [2.45, 2.75) is 13.1 Å². The van der Waals surface area contributed by atoms with Gasteiger partial charge in [0.2, 0.25) is 5.91 Å². The summed E-state index contributed by atoms with van der Waals surface area (Å²) < 4.78 is 8.40. The average Bonchev–Trinajstić information content (AvgIpc) is 2.98. The Kier molecular flexibility index (Phi) is 4.12. The summed E-state index contributed by atoms with van der Waals surface area (Å²) >= 11 is 0. The van der Waals surface area contributed by atoms with Crippen LogP contribution in [0.1, 0.15) is 5.56 Å². The van der Waals surface area contributed by atoms with Gasteiger partial charge in [-0.2, -0.15) is 0 Å². The van der Waals surface area contributed by atoms with E-state index >= 15 is 0 Å². The fraction of sp³-hybridized carbons (Fsp3) is 0.150. The highest BCUT2D eigenvalue weighted by molar-refractivity contribution is 6.05. The summed E-state index contributed by atoms with van der Waals surface area (Å²) in [6, 6.07) is 15.0. The SMILES string of the molecule is COc1cccc(Cn2cnc3c4ccccc4n(CC(N)=O)c3c2=O)c1. The van der Waals surface area contributed by atoms with Crippen LogP contribution in [-0.4, -0.2) is 27.1 Å². The summed E-state index contributed by atoms with van der Waals surface area (Å²) in [5, 5.41) is 0.819. The first-order valence-electron chi connectivity index (χ1n) is 8.46. The molecule has 2 aromatic carbocycles. The van der Waals surface area contributed by atoms with E-state index in [9.17, 15) is 9.59 Å². The molecular weight excluding hydrogens is 344 g/mol. The highest BCUT2D eigenvalue weighted by Gasteiger charge is 2.17. The monoisotopic (exact) mass is 362 g/mol. The second-order valence-corrected chi connectivity index (χ2v) is 6.30. The number of benzene rings is 2. The molecule has 7 heteroatoms. The van der Waals surface area contributed by atoms with Crippen molar-refractivity contribution in [3.8, 4) is 5.75 Å². The molecule has 0 saturated carbocycles. The highest BCUT2D eigenvalue weighted by atomic mass is 16.5. The summed E-state index contributed by atoms with van der Waals surface area (Å²) in [6.07, 6.45) is 1.53. The van der Waals surface area contributed by atoms with Gasteiger partial charge in [0.15, 0.2) is 0 Å². The fourth-order valence-corrected chi connectivity index (χ4v) is 3.35. The number of methoxy groups -OCH3 is 1. The number of carbonyl (C=O) groups excluding carboxylic acids is 1. The Hall–Kier alpha value is -3.61. The largest absolute Gasteiger partial charge is 0.497 e. The lowest BCUT2D eigenvalue weighted by atomic mass is 10.2. The van der Waals surface area contributed by atoms with Crippen LogP contribution in [0.15, 0.2) is 59.7 Å². The summed E-state index contributed by atoms with van der Waals surface area (Å²) in [5.74, 6) is 0.206. The Bertz CT molecular complexity index is 1220. The van der Waals surface area contributed by atoms with E-state index in [-0.39, 0.29) is 12.1 Å². The molecule has 0 fully saturated rings. The molecule has 0 bridgehead atoms. The normalized spacial score (nSPS) is 11.1. The van der Waals surface area contributed by atoms with Crippen molar-refractivity contribution >= 4 is 27.8 Å². The van der Waals surface area contributed by atoms with E-state index in [1.807, 2.05) is 48.5 Å². The van der Waals surface area contributed by atoms with Crippen molar-refractivity contribution in [2.75, 3.05) is 7.11 Å². The first kappa shape index (κ1) is 16.8. The number of primary amides is 1. The van der Waals surface area contributed by atoms with Crippen LogP contribution < -0.4 is 16.0 Å². The fourth-order valence-electron chi connectivity index (χ4n) is 3.35. The number of carbonyl (C=O) groups is 1. The van der Waals surface area contributed by atoms with Crippen LogP contribution in [-0.2, 0) is 17.9 Å². The summed E-state index contributed by atoms with van der Waals surface area (Å²) in [5.41, 5.74) is 7.80. The standard InChI is InChI=1S/C20H18N4O3/c1-27-14-6-4-5-13(9-14)10-23-12-22-18-15-7-2-3-8-16(15)24(11-17(21)25)19(18)20(23)26/h2-9,12H,10-11H2,1H3,(H2,21,25). The second-order valence-electron chi connectivity index (χ2n) is 6.30. The van der Waals surface area contributed by atoms with E-state index in [0.717, 1.165) is 22.2 Å². The van der Waals surface area contributed by atoms with Gasteiger partial charge in [-0.05, 0) is 23.8 Å². The number of hydrogen-bond acceptors (Lipinski definition) is 4. The minimum atomic E-state index is -0.514. The molecule has 4 rings (SSSR count). The molecule has 0 radical (unpaired) electrons. The molecule has 0 unspecified atom stereocenters. The first-order chi connectivity index (χ1) is 13.1. The number of aromatic nitrogens is 3. The van der Waals surface area contributed by atoms with Crippen LogP contribution >= 0.6 is 0 Å². The van der Waals surface area contributed by atoms with E-state index in [4.69, 9.17) is 10.5 Å². The number of fused-ring (bicyclic) bond motifs is 3. The van der Waals surface area contributed by atoms with Gasteiger partial charge in [0.05, 0.1) is 25.5 Å². The highest BCUT2D eigenvalue weighted by Crippen LogP contribution is 2.25. The summed E-state index contributed by atoms with van der Waals surface area (Å²) in [4.78, 5) is 29.2. The van der Waals surface area contributed by atoms with E-state index in [0.29, 0.717) is 17.6 Å². The zero-order valence-electron chi connectivity index (χ0n) is 14.8. The van der Waals surface area contributed by atoms with Crippen LogP contribution in [0, 0.1) is 0 Å². The minimum absolute atomic E-state index is 0.0793. The molecule has 1 amide bonds. The molecule has 4 aromatic rings. The first-order valence-corrected chi connectivity index (χ1v) is 8.46. The van der Waals surface area contributed by atoms with Crippen molar-refractivity contribution in [2.24, 2.45) is 5.73 Å². The van der Waals surface area contributed by atoms with E-state index in [2.05, 4.69) is 4.98 Å². The molecule has 0 spiro atoms. The molecular formula is C20H18N4O3. The lowest BCUT2D eigenvalue weighted by Crippen LogP contribution is -2.25. The molecule has 27 heavy (non-hydrogen) atoms. The number of nitrogens with zero attached hydrogens (tertiary/aromatic N) is 3. The van der Waals surface area contributed by atoms with Gasteiger partial charge >= 0.3 is 0 Å². The van der Waals surface area contributed by atoms with Crippen LogP contribution in [0.5, 0.6) is 5.75 Å². The number of ether oxygens (including phenoxy) is 1. The van der Waals surface area contributed by atoms with Gasteiger partial charge in [0.25, 0.3) is 5.56 Å². The van der Waals surface area contributed by atoms with Gasteiger partial charge in [-0.25, -0.2) is 4.98 Å². The molecule has 0 saturated heterocycles. The number of amides is 1. The number of rotatable bonds is 5. The molecule has 2 N–H and O–H groups in total. The molecule has 0 aliphatic rings. The molecule has 2 aromatic heterocycles. The van der Waals surface area contributed by atoms with Crippen molar-refractivity contribution in [3.63, 3.8) is 0 Å². The smallest absolute Gasteiger partial charge is 0.278 e. The third-order valence-electron chi connectivity index (χ3n) is 4.53. The second kappa shape index (κ2) is 6.60. The van der Waals surface area contributed by atoms with Gasteiger partial charge in [-0.1, -0.05) is 30.3 Å². The van der Waals surface area contributed by atoms with Gasteiger partial charge in [0, 0.05) is 5.39 Å². The van der Waals surface area contributed by atoms with Crippen molar-refractivity contribution < 1.29 is 9.53 Å². The Morgan fingerprint density at radius 1 is 1.19 bits per heavy atom. The Balaban J connectivity index is 1.91. The molecule has 7 nitrogen and oxygen atoms in total. The van der Waals surface area contributed by atoms with Gasteiger partial charge in [-0.15, -0.1) is 0 Å². The van der Waals surface area contributed by atoms with Crippen LogP contribution in [0.4, 0.5) is 0 Å². The molecule has 136 valence electrons. The number of hydrogen-bond donors (Lipinski definition) is 1. The molecule has 0 aliphatic carbocycles. The maximum absolute atomic E-state index is 13.2. The number of nitrogens with two attached hydrogens (primary N) is 1. The average molecular weight is 362 g/mol. The predicted octanol–water partition coefficient (Wildman–Crippen LogP) is 1.89. The van der Waals surface area contributed by atoms with Crippen molar-refractivity contribution in [1.82, 2.24) is 14.1 Å². The van der Waals surface area contributed by atoms with Gasteiger partial charge in [0.1, 0.15) is 23.3 Å². The van der Waals surface area contributed by atoms with Gasteiger partial charge < -0.3 is 15.0 Å². The predicted molar refractivity (Wildman–Crippen MR) is 103 cm³/mol. The van der Waals surface area contributed by atoms with E-state index in [1.165, 1.54) is 10.9 Å². The maximum Gasteiger partial charge on any atom is 0.278 e. The van der Waals surface area contributed by atoms with Crippen LogP contribution in [0.2, 0.25) is 0 Å². The minimum Gasteiger partial charge on any atom is -0.497 e. The van der Waals surface area contributed by atoms with E-state index < -0.39 is 5.91 Å². The Labute approximate surface area is 154 Å². The van der Waals surface area contributed by atoms with Crippen LogP contribution in [0.25, 0.3) is 21.9 Å². The Morgan fingerprint density at radius 3 is 2.78 bits per heavy atom. The third kappa shape index (κ3) is 2.93. The molecule has 0 aliphatic heterocycles. The summed E-state index contributed by atoms with van der Waals surface area (Å²) in [6.45, 7) is 0.265. The summed E-state index contributed by atoms with van der Waals surface area (Å²) in [7, 11) is 1.60. The van der Waals surface area contributed by atoms with Crippen molar-refractivity contribution in [1.29, 1.82) is 0 Å². The zero-order valence-corrected chi connectivity index (χ0v) is 14.8. The lowest BCUT2D eigenvalue weighted by molar-refractivity contribution is -0.118. The third-order valence-corrected chi connectivity index (χ3v) is 4.53. The van der Waals surface area contributed by atoms with E-state index in [1.54, 1.807) is 11.7 Å². The van der Waals surface area contributed by atoms with Gasteiger partial charge in [-0.3, -0.25) is 14.2 Å². The molecule has 0 atom stereocenters. The Morgan fingerprint density at radius 2 is 2.00 bits per heavy atom. The maximum atomic E-state index is 13.2. The van der Waals surface area contributed by atoms with Crippen LogP contribution in [0.3, 0.4) is 0 Å². The zero-order chi connectivity index (χ0) is 19.0. The van der Waals surface area contributed by atoms with Crippen molar-refractivity contribution in [3.05, 3.63) is 70.8 Å². The molecule has 2 heterocycles. The quantitative estimate of drug-likeness (QED) is 0.587. The number of para-hydroxylation sites is 1. The lowest BCUT2D eigenvalue weighted by Gasteiger charge is -2.09.